The number of amides is 2. The van der Waals surface area contributed by atoms with Gasteiger partial charge in [-0.3, -0.25) is 14.3 Å². The molecule has 1 aliphatic heterocycles. The van der Waals surface area contributed by atoms with E-state index in [-0.39, 0.29) is 17.5 Å². The van der Waals surface area contributed by atoms with Gasteiger partial charge in [-0.05, 0) is 48.6 Å². The zero-order valence-electron chi connectivity index (χ0n) is 17.5. The number of halogens is 1. The van der Waals surface area contributed by atoms with E-state index in [1.165, 1.54) is 11.1 Å². The Labute approximate surface area is 186 Å². The summed E-state index contributed by atoms with van der Waals surface area (Å²) in [5, 5.41) is 7.98. The number of hydrogen-bond donors (Lipinski definition) is 1. The molecule has 0 fully saturated rings. The summed E-state index contributed by atoms with van der Waals surface area (Å²) in [6.07, 6.45) is 1.53. The molecule has 0 saturated carbocycles. The molecule has 7 heteroatoms. The van der Waals surface area contributed by atoms with Gasteiger partial charge in [-0.25, -0.2) is 0 Å². The highest BCUT2D eigenvalue weighted by atomic mass is 35.5. The lowest BCUT2D eigenvalue weighted by Crippen LogP contribution is -2.30. The standard InChI is InChI=1S/C24H25ClN4O2/c1-17-5-2-3-6-19(17)11-12-26-23(30)21-15-22-24(31)28(13-4-14-29(22)27-21)16-18-7-9-20(25)10-8-18/h2-3,5-10,15H,4,11-14,16H2,1H3,(H,26,30). The molecule has 0 saturated heterocycles. The highest BCUT2D eigenvalue weighted by Gasteiger charge is 2.26. The summed E-state index contributed by atoms with van der Waals surface area (Å²) in [6.45, 7) is 4.32. The van der Waals surface area contributed by atoms with Crippen molar-refractivity contribution in [2.75, 3.05) is 13.1 Å². The zero-order chi connectivity index (χ0) is 21.8. The summed E-state index contributed by atoms with van der Waals surface area (Å²) < 4.78 is 1.65. The maximum Gasteiger partial charge on any atom is 0.272 e. The number of aromatic nitrogens is 2. The van der Waals surface area contributed by atoms with Gasteiger partial charge in [0.25, 0.3) is 11.8 Å². The Balaban J connectivity index is 1.41. The number of rotatable bonds is 6. The van der Waals surface area contributed by atoms with Crippen LogP contribution in [0.1, 0.15) is 44.1 Å². The van der Waals surface area contributed by atoms with E-state index in [2.05, 4.69) is 29.5 Å². The zero-order valence-corrected chi connectivity index (χ0v) is 18.2. The van der Waals surface area contributed by atoms with Gasteiger partial charge in [0.1, 0.15) is 5.69 Å². The number of nitrogens with one attached hydrogen (secondary N) is 1. The van der Waals surface area contributed by atoms with Gasteiger partial charge in [-0.2, -0.15) is 5.10 Å². The first-order chi connectivity index (χ1) is 15.0. The van der Waals surface area contributed by atoms with E-state index in [9.17, 15) is 9.59 Å². The van der Waals surface area contributed by atoms with Gasteiger partial charge < -0.3 is 10.2 Å². The number of nitrogens with zero attached hydrogens (tertiary/aromatic N) is 3. The van der Waals surface area contributed by atoms with Crippen LogP contribution in [0.25, 0.3) is 0 Å². The van der Waals surface area contributed by atoms with Crippen LogP contribution < -0.4 is 5.32 Å². The number of carbonyl (C=O) groups excluding carboxylic acids is 2. The number of fused-ring (bicyclic) bond motifs is 1. The topological polar surface area (TPSA) is 67.2 Å². The molecule has 4 rings (SSSR count). The summed E-state index contributed by atoms with van der Waals surface area (Å²) >= 11 is 5.96. The average molecular weight is 437 g/mol. The summed E-state index contributed by atoms with van der Waals surface area (Å²) in [6, 6.07) is 17.2. The fourth-order valence-corrected chi connectivity index (χ4v) is 3.92. The highest BCUT2D eigenvalue weighted by molar-refractivity contribution is 6.30. The Hall–Kier alpha value is -3.12. The van der Waals surface area contributed by atoms with Crippen molar-refractivity contribution in [2.24, 2.45) is 0 Å². The molecule has 1 aromatic heterocycles. The summed E-state index contributed by atoms with van der Waals surface area (Å²) in [7, 11) is 0. The fourth-order valence-electron chi connectivity index (χ4n) is 3.80. The largest absolute Gasteiger partial charge is 0.350 e. The lowest BCUT2D eigenvalue weighted by Gasteiger charge is -2.20. The maximum atomic E-state index is 13.1. The second kappa shape index (κ2) is 9.35. The van der Waals surface area contributed by atoms with Gasteiger partial charge in [0.05, 0.1) is 0 Å². The van der Waals surface area contributed by atoms with Crippen molar-refractivity contribution in [1.82, 2.24) is 20.0 Å². The van der Waals surface area contributed by atoms with Crippen molar-refractivity contribution in [3.63, 3.8) is 0 Å². The number of benzene rings is 2. The Kier molecular flexibility index (Phi) is 6.37. The van der Waals surface area contributed by atoms with E-state index < -0.39 is 0 Å². The minimum Gasteiger partial charge on any atom is -0.350 e. The van der Waals surface area contributed by atoms with Crippen LogP contribution in [0.3, 0.4) is 0 Å². The van der Waals surface area contributed by atoms with E-state index >= 15 is 0 Å². The van der Waals surface area contributed by atoms with Crippen molar-refractivity contribution in [2.45, 2.75) is 32.9 Å². The monoisotopic (exact) mass is 436 g/mol. The summed E-state index contributed by atoms with van der Waals surface area (Å²) in [5.74, 6) is -0.370. The van der Waals surface area contributed by atoms with Crippen LogP contribution in [0.15, 0.2) is 54.6 Å². The highest BCUT2D eigenvalue weighted by Crippen LogP contribution is 2.18. The second-order valence-electron chi connectivity index (χ2n) is 7.78. The molecule has 0 aliphatic carbocycles. The van der Waals surface area contributed by atoms with Gasteiger partial charge in [0, 0.05) is 37.3 Å². The Bertz CT molecular complexity index is 1090. The van der Waals surface area contributed by atoms with Crippen LogP contribution in [0.2, 0.25) is 5.02 Å². The van der Waals surface area contributed by atoms with Crippen LogP contribution in [-0.4, -0.2) is 39.6 Å². The number of hydrogen-bond acceptors (Lipinski definition) is 3. The number of aryl methyl sites for hydroxylation is 2. The molecule has 0 unspecified atom stereocenters. The first-order valence-electron chi connectivity index (χ1n) is 10.5. The second-order valence-corrected chi connectivity index (χ2v) is 8.21. The third-order valence-electron chi connectivity index (χ3n) is 5.54. The Morgan fingerprint density at radius 2 is 1.90 bits per heavy atom. The van der Waals surface area contributed by atoms with Crippen molar-refractivity contribution < 1.29 is 9.59 Å². The van der Waals surface area contributed by atoms with Crippen LogP contribution in [0.5, 0.6) is 0 Å². The SMILES string of the molecule is Cc1ccccc1CCNC(=O)c1cc2n(n1)CCCN(Cc1ccc(Cl)cc1)C2=O. The van der Waals surface area contributed by atoms with Gasteiger partial charge in [-0.1, -0.05) is 48.0 Å². The molecule has 6 nitrogen and oxygen atoms in total. The molecule has 2 aromatic carbocycles. The Morgan fingerprint density at radius 1 is 1.13 bits per heavy atom. The molecule has 0 bridgehead atoms. The molecule has 160 valence electrons. The summed E-state index contributed by atoms with van der Waals surface area (Å²) in [4.78, 5) is 27.5. The van der Waals surface area contributed by atoms with Crippen LogP contribution in [0, 0.1) is 6.92 Å². The molecule has 3 aromatic rings. The first-order valence-corrected chi connectivity index (χ1v) is 10.8. The van der Waals surface area contributed by atoms with E-state index in [0.717, 1.165) is 18.4 Å². The smallest absolute Gasteiger partial charge is 0.272 e. The minimum absolute atomic E-state index is 0.112. The predicted molar refractivity (Wildman–Crippen MR) is 120 cm³/mol. The molecule has 0 spiro atoms. The first kappa shape index (κ1) is 21.1. The Morgan fingerprint density at radius 3 is 2.68 bits per heavy atom. The molecular weight excluding hydrogens is 412 g/mol. The van der Waals surface area contributed by atoms with E-state index in [1.807, 2.05) is 36.4 Å². The maximum absolute atomic E-state index is 13.1. The third-order valence-corrected chi connectivity index (χ3v) is 5.80. The average Bonchev–Trinajstić information content (AvgIpc) is 3.14. The van der Waals surface area contributed by atoms with Gasteiger partial charge in [0.2, 0.25) is 0 Å². The van der Waals surface area contributed by atoms with Gasteiger partial charge in [-0.15, -0.1) is 0 Å². The van der Waals surface area contributed by atoms with E-state index in [1.54, 1.807) is 15.6 Å². The van der Waals surface area contributed by atoms with Crippen LogP contribution in [0.4, 0.5) is 0 Å². The number of carbonyl (C=O) groups is 2. The van der Waals surface area contributed by atoms with E-state index in [4.69, 9.17) is 11.6 Å². The van der Waals surface area contributed by atoms with E-state index in [0.29, 0.717) is 36.9 Å². The predicted octanol–water partition coefficient (Wildman–Crippen LogP) is 3.86. The molecule has 1 aliphatic rings. The van der Waals surface area contributed by atoms with Crippen molar-refractivity contribution in [3.8, 4) is 0 Å². The van der Waals surface area contributed by atoms with Crippen molar-refractivity contribution in [1.29, 1.82) is 0 Å². The molecule has 2 amide bonds. The lowest BCUT2D eigenvalue weighted by molar-refractivity contribution is 0.0745. The summed E-state index contributed by atoms with van der Waals surface area (Å²) in [5.41, 5.74) is 4.16. The molecule has 2 heterocycles. The quantitative estimate of drug-likeness (QED) is 0.638. The molecule has 1 N–H and O–H groups in total. The van der Waals surface area contributed by atoms with Crippen LogP contribution in [-0.2, 0) is 19.5 Å². The lowest BCUT2D eigenvalue weighted by atomic mass is 10.1. The van der Waals surface area contributed by atoms with Crippen molar-refractivity contribution >= 4 is 23.4 Å². The molecule has 0 atom stereocenters. The van der Waals surface area contributed by atoms with Gasteiger partial charge in [0.15, 0.2) is 5.69 Å². The molecular formula is C24H25ClN4O2. The van der Waals surface area contributed by atoms with Crippen molar-refractivity contribution in [3.05, 3.63) is 87.7 Å². The fraction of sp³-hybridized carbons (Fsp3) is 0.292. The van der Waals surface area contributed by atoms with Gasteiger partial charge >= 0.3 is 0 Å². The third kappa shape index (κ3) is 4.97. The molecule has 31 heavy (non-hydrogen) atoms. The molecule has 0 radical (unpaired) electrons. The van der Waals surface area contributed by atoms with Crippen LogP contribution >= 0.6 is 11.6 Å². The minimum atomic E-state index is -0.258. The normalized spacial score (nSPS) is 13.6.